The Morgan fingerprint density at radius 2 is 1.38 bits per heavy atom. The average Bonchev–Trinajstić information content (AvgIpc) is 2.02. The Balaban J connectivity index is 3.58. The minimum Gasteiger partial charge on any atom is -0.348 e. The average molecular weight is 215 g/mol. The molecule has 78 valence electrons. The molecule has 0 aromatic carbocycles. The van der Waals surface area contributed by atoms with E-state index in [2.05, 4.69) is 37.3 Å². The second-order valence-electron chi connectivity index (χ2n) is 4.11. The van der Waals surface area contributed by atoms with Gasteiger partial charge < -0.3 is 4.23 Å². The van der Waals surface area contributed by atoms with Crippen molar-refractivity contribution in [1.29, 1.82) is 0 Å². The molecule has 0 saturated heterocycles. The summed E-state index contributed by atoms with van der Waals surface area (Å²) in [5.41, 5.74) is 0. The lowest BCUT2D eigenvalue weighted by atomic mass is 10.2. The van der Waals surface area contributed by atoms with E-state index in [0.29, 0.717) is 0 Å². The zero-order valence-electron chi connectivity index (χ0n) is 9.98. The fourth-order valence-corrected chi connectivity index (χ4v) is 6.38. The second-order valence-corrected chi connectivity index (χ2v) is 9.42. The Labute approximate surface area is 87.9 Å². The van der Waals surface area contributed by atoms with E-state index in [1.54, 1.807) is 0 Å². The lowest BCUT2D eigenvalue weighted by Crippen LogP contribution is -2.43. The van der Waals surface area contributed by atoms with Crippen molar-refractivity contribution in [3.05, 3.63) is 0 Å². The molecule has 0 saturated carbocycles. The highest BCUT2D eigenvalue weighted by atomic mass is 28.3. The summed E-state index contributed by atoms with van der Waals surface area (Å²) in [5, 5.41) is 0. The summed E-state index contributed by atoms with van der Waals surface area (Å²) in [4.78, 5) is 0. The first-order valence-corrected chi connectivity index (χ1v) is 10.4. The van der Waals surface area contributed by atoms with Crippen molar-refractivity contribution in [2.75, 3.05) is 6.54 Å². The standard InChI is InChI=1S/C10H25NSi2/c1-6-7-8-9-10-11(12(2)3)13(4)5/h6-10H2,1-5H3. The number of nitrogens with zero attached hydrogens (tertiary/aromatic N) is 1. The maximum atomic E-state index is 2.78. The van der Waals surface area contributed by atoms with E-state index in [-0.39, 0.29) is 17.9 Å². The normalized spacial score (nSPS) is 12.0. The van der Waals surface area contributed by atoms with Crippen LogP contribution in [0, 0.1) is 0 Å². The van der Waals surface area contributed by atoms with Gasteiger partial charge in [0.15, 0.2) is 0 Å². The van der Waals surface area contributed by atoms with Crippen LogP contribution in [0.1, 0.15) is 32.6 Å². The summed E-state index contributed by atoms with van der Waals surface area (Å²) in [6.07, 6.45) is 5.61. The van der Waals surface area contributed by atoms with E-state index in [4.69, 9.17) is 0 Å². The highest BCUT2D eigenvalue weighted by Crippen LogP contribution is 2.05. The van der Waals surface area contributed by atoms with Crippen LogP contribution >= 0.6 is 0 Å². The molecule has 0 aliphatic carbocycles. The van der Waals surface area contributed by atoms with Crippen molar-refractivity contribution >= 4 is 17.9 Å². The number of hydrogen-bond acceptors (Lipinski definition) is 1. The van der Waals surface area contributed by atoms with Crippen molar-refractivity contribution in [1.82, 2.24) is 4.23 Å². The smallest absolute Gasteiger partial charge is 0.122 e. The van der Waals surface area contributed by atoms with E-state index in [9.17, 15) is 0 Å². The third-order valence-electron chi connectivity index (χ3n) is 2.31. The third-order valence-corrected chi connectivity index (χ3v) is 7.60. The molecule has 0 aliphatic rings. The highest BCUT2D eigenvalue weighted by Gasteiger charge is 2.14. The summed E-state index contributed by atoms with van der Waals surface area (Å²) in [5.74, 6) is 0. The minimum absolute atomic E-state index is 0.181. The monoisotopic (exact) mass is 215 g/mol. The molecule has 0 aliphatic heterocycles. The molecule has 0 atom stereocenters. The SMILES string of the molecule is CCCCCCN([Si](C)C)[Si](C)C. The molecule has 13 heavy (non-hydrogen) atoms. The van der Waals surface area contributed by atoms with Gasteiger partial charge in [-0.3, -0.25) is 0 Å². The predicted octanol–water partition coefficient (Wildman–Crippen LogP) is 3.37. The molecule has 0 bridgehead atoms. The second kappa shape index (κ2) is 7.77. The summed E-state index contributed by atoms with van der Waals surface area (Å²) < 4.78 is 2.78. The van der Waals surface area contributed by atoms with Gasteiger partial charge in [-0.2, -0.15) is 0 Å². The van der Waals surface area contributed by atoms with Crippen LogP contribution in [0.2, 0.25) is 26.2 Å². The van der Waals surface area contributed by atoms with Crippen molar-refractivity contribution < 1.29 is 0 Å². The predicted molar refractivity (Wildman–Crippen MR) is 65.8 cm³/mol. The molecule has 3 heteroatoms. The lowest BCUT2D eigenvalue weighted by Gasteiger charge is -2.28. The molecule has 0 amide bonds. The molecule has 0 fully saturated rings. The van der Waals surface area contributed by atoms with E-state index >= 15 is 0 Å². The van der Waals surface area contributed by atoms with Gasteiger partial charge in [-0.25, -0.2) is 0 Å². The van der Waals surface area contributed by atoms with E-state index in [1.165, 1.54) is 32.2 Å². The molecule has 0 aromatic heterocycles. The Bertz CT molecular complexity index is 107. The zero-order chi connectivity index (χ0) is 10.3. The molecule has 0 rings (SSSR count). The van der Waals surface area contributed by atoms with Crippen LogP contribution in [0.4, 0.5) is 0 Å². The van der Waals surface area contributed by atoms with E-state index in [0.717, 1.165) is 0 Å². The van der Waals surface area contributed by atoms with Crippen molar-refractivity contribution in [2.45, 2.75) is 58.8 Å². The molecule has 2 radical (unpaired) electrons. The van der Waals surface area contributed by atoms with Gasteiger partial charge in [-0.15, -0.1) is 0 Å². The molecular weight excluding hydrogens is 190 g/mol. The van der Waals surface area contributed by atoms with Crippen LogP contribution in [0.3, 0.4) is 0 Å². The topological polar surface area (TPSA) is 3.24 Å². The summed E-state index contributed by atoms with van der Waals surface area (Å²) in [6.45, 7) is 13.3. The van der Waals surface area contributed by atoms with Crippen LogP contribution in [0.5, 0.6) is 0 Å². The van der Waals surface area contributed by atoms with Gasteiger partial charge in [0.1, 0.15) is 17.9 Å². The Morgan fingerprint density at radius 3 is 1.77 bits per heavy atom. The van der Waals surface area contributed by atoms with Crippen LogP contribution in [0.15, 0.2) is 0 Å². The van der Waals surface area contributed by atoms with Crippen molar-refractivity contribution in [3.8, 4) is 0 Å². The lowest BCUT2D eigenvalue weighted by molar-refractivity contribution is 0.565. The Hall–Kier alpha value is 0.394. The summed E-state index contributed by atoms with van der Waals surface area (Å²) >= 11 is 0. The van der Waals surface area contributed by atoms with Gasteiger partial charge in [-0.05, 0) is 13.0 Å². The molecule has 1 nitrogen and oxygen atoms in total. The highest BCUT2D eigenvalue weighted by molar-refractivity contribution is 6.69. The number of hydrogen-bond donors (Lipinski definition) is 0. The molecular formula is C10H25NSi2. The Kier molecular flexibility index (Phi) is 8.00. The third kappa shape index (κ3) is 6.46. The zero-order valence-corrected chi connectivity index (χ0v) is 12.0. The maximum absolute atomic E-state index is 2.78. The summed E-state index contributed by atoms with van der Waals surface area (Å²) in [7, 11) is -0.362. The van der Waals surface area contributed by atoms with Gasteiger partial charge >= 0.3 is 0 Å². The molecule has 0 aromatic rings. The molecule has 0 heterocycles. The Morgan fingerprint density at radius 1 is 0.846 bits per heavy atom. The minimum atomic E-state index is -0.181. The van der Waals surface area contributed by atoms with Gasteiger partial charge in [0, 0.05) is 0 Å². The largest absolute Gasteiger partial charge is 0.348 e. The van der Waals surface area contributed by atoms with Crippen LogP contribution in [-0.2, 0) is 0 Å². The number of rotatable bonds is 7. The van der Waals surface area contributed by atoms with Crippen LogP contribution in [0.25, 0.3) is 0 Å². The fourth-order valence-electron chi connectivity index (χ4n) is 1.59. The first-order valence-electron chi connectivity index (χ1n) is 5.47. The molecule has 0 N–H and O–H groups in total. The first-order chi connectivity index (χ1) is 6.09. The van der Waals surface area contributed by atoms with Crippen molar-refractivity contribution in [3.63, 3.8) is 0 Å². The van der Waals surface area contributed by atoms with Gasteiger partial charge in [-0.1, -0.05) is 52.4 Å². The number of unbranched alkanes of at least 4 members (excludes halogenated alkanes) is 3. The van der Waals surface area contributed by atoms with Gasteiger partial charge in [0.25, 0.3) is 0 Å². The molecule has 0 unspecified atom stereocenters. The van der Waals surface area contributed by atoms with Gasteiger partial charge in [0.2, 0.25) is 0 Å². The van der Waals surface area contributed by atoms with E-state index in [1.807, 2.05) is 0 Å². The quantitative estimate of drug-likeness (QED) is 0.465. The van der Waals surface area contributed by atoms with Crippen LogP contribution < -0.4 is 0 Å². The first kappa shape index (κ1) is 13.4. The van der Waals surface area contributed by atoms with Crippen LogP contribution in [-0.4, -0.2) is 28.7 Å². The molecule has 0 spiro atoms. The maximum Gasteiger partial charge on any atom is 0.122 e. The van der Waals surface area contributed by atoms with Gasteiger partial charge in [0.05, 0.1) is 0 Å². The van der Waals surface area contributed by atoms with E-state index < -0.39 is 0 Å². The fraction of sp³-hybridized carbons (Fsp3) is 1.00. The summed E-state index contributed by atoms with van der Waals surface area (Å²) in [6, 6.07) is 0. The van der Waals surface area contributed by atoms with Crippen molar-refractivity contribution in [2.24, 2.45) is 0 Å².